The Morgan fingerprint density at radius 3 is 2.37 bits per heavy atom. The Bertz CT molecular complexity index is 776. The molecule has 1 aliphatic rings. The number of ketones is 1. The Labute approximate surface area is 160 Å². The van der Waals surface area contributed by atoms with Crippen LogP contribution in [0.1, 0.15) is 50.0 Å². The third-order valence-corrected chi connectivity index (χ3v) is 5.30. The van der Waals surface area contributed by atoms with Gasteiger partial charge < -0.3 is 5.32 Å². The predicted octanol–water partition coefficient (Wildman–Crippen LogP) is 3.39. The number of hydrogen-bond donors (Lipinski definition) is 1. The molecular weight excluding hydrogens is 340 g/mol. The molecule has 1 aromatic carbocycles. The minimum atomic E-state index is -0.242. The van der Waals surface area contributed by atoms with E-state index in [2.05, 4.69) is 15.3 Å². The van der Waals surface area contributed by atoms with Gasteiger partial charge in [-0.05, 0) is 46.7 Å². The lowest BCUT2D eigenvalue weighted by Crippen LogP contribution is -2.47. The van der Waals surface area contributed by atoms with Crippen LogP contribution in [0.2, 0.25) is 0 Å². The van der Waals surface area contributed by atoms with Gasteiger partial charge in [0.15, 0.2) is 5.78 Å². The number of amides is 1. The first-order valence-corrected chi connectivity index (χ1v) is 9.65. The largest absolute Gasteiger partial charge is 0.310 e. The molecule has 0 spiro atoms. The fourth-order valence-corrected chi connectivity index (χ4v) is 3.61. The highest BCUT2D eigenvalue weighted by Crippen LogP contribution is 2.23. The van der Waals surface area contributed by atoms with Crippen molar-refractivity contribution in [1.29, 1.82) is 0 Å². The first-order valence-electron chi connectivity index (χ1n) is 9.65. The van der Waals surface area contributed by atoms with Crippen LogP contribution in [0.15, 0.2) is 42.6 Å². The molecule has 2 aromatic rings. The molecule has 0 saturated carbocycles. The van der Waals surface area contributed by atoms with Gasteiger partial charge >= 0.3 is 0 Å². The lowest BCUT2D eigenvalue weighted by molar-refractivity contribution is -0.121. The number of piperidine rings is 1. The third-order valence-electron chi connectivity index (χ3n) is 5.30. The summed E-state index contributed by atoms with van der Waals surface area (Å²) in [5, 5.41) is 7.23. The number of carbonyl (C=O) groups is 2. The van der Waals surface area contributed by atoms with Crippen molar-refractivity contribution in [3.8, 4) is 0 Å². The number of likely N-dealkylation sites (tertiary alicyclic amines) is 1. The second-order valence-corrected chi connectivity index (χ2v) is 7.46. The van der Waals surface area contributed by atoms with E-state index < -0.39 is 0 Å². The molecule has 6 heteroatoms. The minimum absolute atomic E-state index is 0.0368. The van der Waals surface area contributed by atoms with Gasteiger partial charge in [0.25, 0.3) is 0 Å². The van der Waals surface area contributed by atoms with Crippen LogP contribution in [0, 0.1) is 5.92 Å². The van der Waals surface area contributed by atoms with Crippen molar-refractivity contribution in [1.82, 2.24) is 14.7 Å². The van der Waals surface area contributed by atoms with Gasteiger partial charge in [-0.2, -0.15) is 5.10 Å². The van der Waals surface area contributed by atoms with Crippen molar-refractivity contribution in [3.63, 3.8) is 0 Å². The van der Waals surface area contributed by atoms with Crippen LogP contribution in [-0.4, -0.2) is 45.5 Å². The average molecular weight is 368 g/mol. The first-order chi connectivity index (χ1) is 13.0. The highest BCUT2D eigenvalue weighted by atomic mass is 16.2. The van der Waals surface area contributed by atoms with Crippen LogP contribution in [0.4, 0.5) is 5.82 Å². The Hall–Kier alpha value is -2.47. The molecule has 0 aliphatic carbocycles. The molecule has 1 N–H and O–H groups in total. The minimum Gasteiger partial charge on any atom is -0.310 e. The molecule has 3 rings (SSSR count). The molecule has 1 fully saturated rings. The van der Waals surface area contributed by atoms with Crippen molar-refractivity contribution >= 4 is 17.5 Å². The summed E-state index contributed by atoms with van der Waals surface area (Å²) in [6.45, 7) is 7.48. The maximum atomic E-state index is 12.7. The van der Waals surface area contributed by atoms with E-state index in [4.69, 9.17) is 0 Å². The standard InChI is InChI=1S/C21H28N4O2/c1-15(2)25-19(9-12-22-25)23-21(27)16(3)24-13-10-18(11-14-24)20(26)17-7-5-4-6-8-17/h4-9,12,15-16,18H,10-11,13-14H2,1-3H3,(H,23,27). The number of benzene rings is 1. The molecular formula is C21H28N4O2. The predicted molar refractivity (Wildman–Crippen MR) is 106 cm³/mol. The van der Waals surface area contributed by atoms with Crippen LogP contribution in [0.3, 0.4) is 0 Å². The smallest absolute Gasteiger partial charge is 0.242 e. The number of aromatic nitrogens is 2. The Morgan fingerprint density at radius 1 is 1.07 bits per heavy atom. The Balaban J connectivity index is 1.55. The van der Waals surface area contributed by atoms with Gasteiger partial charge in [0, 0.05) is 23.6 Å². The zero-order valence-electron chi connectivity index (χ0n) is 16.3. The third kappa shape index (κ3) is 4.45. The molecule has 1 amide bonds. The highest BCUT2D eigenvalue weighted by Gasteiger charge is 2.30. The maximum absolute atomic E-state index is 12.7. The van der Waals surface area contributed by atoms with Gasteiger partial charge in [0.1, 0.15) is 5.82 Å². The second kappa shape index (κ2) is 8.48. The first kappa shape index (κ1) is 19.3. The SMILES string of the molecule is CC(C(=O)Nc1ccnn1C(C)C)N1CCC(C(=O)c2ccccc2)CC1. The topological polar surface area (TPSA) is 67.2 Å². The highest BCUT2D eigenvalue weighted by molar-refractivity contribution is 5.98. The van der Waals surface area contributed by atoms with Gasteiger partial charge in [-0.1, -0.05) is 30.3 Å². The summed E-state index contributed by atoms with van der Waals surface area (Å²) in [6, 6.07) is 11.2. The quantitative estimate of drug-likeness (QED) is 0.794. The van der Waals surface area contributed by atoms with Crippen molar-refractivity contribution in [2.24, 2.45) is 5.92 Å². The maximum Gasteiger partial charge on any atom is 0.242 e. The summed E-state index contributed by atoms with van der Waals surface area (Å²) in [6.07, 6.45) is 3.27. The molecule has 0 radical (unpaired) electrons. The van der Waals surface area contributed by atoms with Gasteiger partial charge in [-0.25, -0.2) is 4.68 Å². The number of Topliss-reactive ketones (excluding diaryl/α,β-unsaturated/α-hetero) is 1. The normalized spacial score (nSPS) is 17.0. The van der Waals surface area contributed by atoms with Crippen molar-refractivity contribution < 1.29 is 9.59 Å². The molecule has 1 aliphatic heterocycles. The average Bonchev–Trinajstić information content (AvgIpc) is 3.16. The Kier molecular flexibility index (Phi) is 6.06. The van der Waals surface area contributed by atoms with Crippen LogP contribution in [0.25, 0.3) is 0 Å². The van der Waals surface area contributed by atoms with E-state index in [0.29, 0.717) is 0 Å². The molecule has 1 unspecified atom stereocenters. The number of rotatable bonds is 6. The number of hydrogen-bond acceptors (Lipinski definition) is 4. The molecule has 1 atom stereocenters. The van der Waals surface area contributed by atoms with Gasteiger partial charge in [-0.15, -0.1) is 0 Å². The summed E-state index contributed by atoms with van der Waals surface area (Å²) < 4.78 is 1.80. The van der Waals surface area contributed by atoms with E-state index in [9.17, 15) is 9.59 Å². The molecule has 1 saturated heterocycles. The summed E-state index contributed by atoms with van der Waals surface area (Å²) >= 11 is 0. The molecule has 0 bridgehead atoms. The van der Waals surface area contributed by atoms with E-state index >= 15 is 0 Å². The number of anilines is 1. The lowest BCUT2D eigenvalue weighted by atomic mass is 9.88. The molecule has 1 aromatic heterocycles. The number of nitrogens with zero attached hydrogens (tertiary/aromatic N) is 3. The van der Waals surface area contributed by atoms with Crippen molar-refractivity contribution in [3.05, 3.63) is 48.2 Å². The molecule has 6 nitrogen and oxygen atoms in total. The second-order valence-electron chi connectivity index (χ2n) is 7.46. The van der Waals surface area contributed by atoms with Gasteiger partial charge in [-0.3, -0.25) is 14.5 Å². The summed E-state index contributed by atoms with van der Waals surface area (Å²) in [7, 11) is 0. The number of carbonyl (C=O) groups excluding carboxylic acids is 2. The molecule has 144 valence electrons. The van der Waals surface area contributed by atoms with Crippen molar-refractivity contribution in [2.75, 3.05) is 18.4 Å². The van der Waals surface area contributed by atoms with Crippen LogP contribution >= 0.6 is 0 Å². The lowest BCUT2D eigenvalue weighted by Gasteiger charge is -2.34. The summed E-state index contributed by atoms with van der Waals surface area (Å²) in [5.74, 6) is 0.940. The molecule has 27 heavy (non-hydrogen) atoms. The van der Waals surface area contributed by atoms with Gasteiger partial charge in [0.05, 0.1) is 12.2 Å². The number of nitrogens with one attached hydrogen (secondary N) is 1. The van der Waals surface area contributed by atoms with Gasteiger partial charge in [0.2, 0.25) is 5.91 Å². The Morgan fingerprint density at radius 2 is 1.74 bits per heavy atom. The monoisotopic (exact) mass is 368 g/mol. The van der Waals surface area contributed by atoms with E-state index in [-0.39, 0.29) is 29.7 Å². The zero-order chi connectivity index (χ0) is 19.4. The zero-order valence-corrected chi connectivity index (χ0v) is 16.3. The van der Waals surface area contributed by atoms with E-state index in [1.54, 1.807) is 10.9 Å². The van der Waals surface area contributed by atoms with E-state index in [0.717, 1.165) is 37.3 Å². The van der Waals surface area contributed by atoms with E-state index in [1.165, 1.54) is 0 Å². The van der Waals surface area contributed by atoms with Crippen LogP contribution < -0.4 is 5.32 Å². The van der Waals surface area contributed by atoms with Crippen molar-refractivity contribution in [2.45, 2.75) is 45.7 Å². The summed E-state index contributed by atoms with van der Waals surface area (Å²) in [5.41, 5.74) is 0.781. The molecule has 2 heterocycles. The van der Waals surface area contributed by atoms with Crippen LogP contribution in [-0.2, 0) is 4.79 Å². The van der Waals surface area contributed by atoms with Crippen LogP contribution in [0.5, 0.6) is 0 Å². The fourth-order valence-electron chi connectivity index (χ4n) is 3.61. The van der Waals surface area contributed by atoms with E-state index in [1.807, 2.05) is 57.2 Å². The fraction of sp³-hybridized carbons (Fsp3) is 0.476. The summed E-state index contributed by atoms with van der Waals surface area (Å²) in [4.78, 5) is 27.4.